The van der Waals surface area contributed by atoms with Crippen molar-refractivity contribution in [2.45, 2.75) is 13.0 Å². The first-order chi connectivity index (χ1) is 8.74. The Kier molecular flexibility index (Phi) is 2.60. The van der Waals surface area contributed by atoms with E-state index in [9.17, 15) is 4.79 Å². The predicted molar refractivity (Wildman–Crippen MR) is 62.3 cm³/mol. The van der Waals surface area contributed by atoms with Crippen molar-refractivity contribution in [3.05, 3.63) is 41.1 Å². The zero-order valence-electron chi connectivity index (χ0n) is 9.55. The summed E-state index contributed by atoms with van der Waals surface area (Å²) in [6.07, 6.45) is 0.909. The van der Waals surface area contributed by atoms with Gasteiger partial charge in [-0.3, -0.25) is 0 Å². The second-order valence-electron chi connectivity index (χ2n) is 4.17. The van der Waals surface area contributed by atoms with Gasteiger partial charge in [-0.05, 0) is 23.6 Å². The van der Waals surface area contributed by atoms with E-state index in [0.717, 1.165) is 24.2 Å². The lowest BCUT2D eigenvalue weighted by Crippen LogP contribution is -2.09. The van der Waals surface area contributed by atoms with Gasteiger partial charge in [0.25, 0.3) is 0 Å². The minimum atomic E-state index is -1.09. The van der Waals surface area contributed by atoms with E-state index in [4.69, 9.17) is 14.4 Å². The molecule has 0 spiro atoms. The first-order valence-electron chi connectivity index (χ1n) is 5.64. The van der Waals surface area contributed by atoms with Crippen molar-refractivity contribution in [3.63, 3.8) is 0 Å². The van der Waals surface area contributed by atoms with Crippen LogP contribution in [0.5, 0.6) is 0 Å². The Hall–Kier alpha value is -2.14. The normalized spacial score (nSPS) is 14.2. The van der Waals surface area contributed by atoms with Gasteiger partial charge in [0.15, 0.2) is 11.5 Å². The molecule has 0 saturated heterocycles. The Morgan fingerprint density at radius 3 is 2.94 bits per heavy atom. The van der Waals surface area contributed by atoms with Crippen LogP contribution in [0.1, 0.15) is 21.6 Å². The highest BCUT2D eigenvalue weighted by Gasteiger charge is 2.15. The Labute approximate surface area is 103 Å². The molecule has 2 heterocycles. The molecule has 92 valence electrons. The number of benzene rings is 1. The maximum Gasteiger partial charge on any atom is 0.358 e. The molecule has 1 aliphatic heterocycles. The average molecular weight is 245 g/mol. The van der Waals surface area contributed by atoms with Crippen molar-refractivity contribution in [2.24, 2.45) is 0 Å². The van der Waals surface area contributed by atoms with Crippen LogP contribution in [0.15, 0.2) is 28.8 Å². The molecule has 0 radical (unpaired) electrons. The first kappa shape index (κ1) is 11.0. The van der Waals surface area contributed by atoms with Crippen LogP contribution in [-0.2, 0) is 17.8 Å². The van der Waals surface area contributed by atoms with Gasteiger partial charge in [-0.25, -0.2) is 4.79 Å². The van der Waals surface area contributed by atoms with Gasteiger partial charge in [0.05, 0.1) is 13.2 Å². The SMILES string of the molecule is O=C(O)c1cc(-c2ccc3c(c2)COCC3)on1. The Morgan fingerprint density at radius 2 is 2.17 bits per heavy atom. The third kappa shape index (κ3) is 1.89. The maximum absolute atomic E-state index is 10.7. The lowest BCUT2D eigenvalue weighted by Gasteiger charge is -2.16. The molecule has 0 bridgehead atoms. The monoisotopic (exact) mass is 245 g/mol. The van der Waals surface area contributed by atoms with Crippen LogP contribution >= 0.6 is 0 Å². The van der Waals surface area contributed by atoms with Crippen LogP contribution < -0.4 is 0 Å². The smallest absolute Gasteiger partial charge is 0.358 e. The molecule has 0 aliphatic carbocycles. The summed E-state index contributed by atoms with van der Waals surface area (Å²) in [5, 5.41) is 12.3. The highest BCUT2D eigenvalue weighted by molar-refractivity contribution is 5.86. The van der Waals surface area contributed by atoms with E-state index in [1.165, 1.54) is 11.6 Å². The fraction of sp³-hybridized carbons (Fsp3) is 0.231. The van der Waals surface area contributed by atoms with Crippen molar-refractivity contribution in [2.75, 3.05) is 6.61 Å². The Balaban J connectivity index is 1.98. The molecular weight excluding hydrogens is 234 g/mol. The highest BCUT2D eigenvalue weighted by Crippen LogP contribution is 2.26. The second kappa shape index (κ2) is 4.27. The number of fused-ring (bicyclic) bond motifs is 1. The number of rotatable bonds is 2. The third-order valence-electron chi connectivity index (χ3n) is 2.99. The molecule has 3 rings (SSSR count). The largest absolute Gasteiger partial charge is 0.476 e. The van der Waals surface area contributed by atoms with Gasteiger partial charge >= 0.3 is 5.97 Å². The van der Waals surface area contributed by atoms with Gasteiger partial charge < -0.3 is 14.4 Å². The minimum absolute atomic E-state index is 0.0843. The molecule has 0 fully saturated rings. The number of aromatic nitrogens is 1. The lowest BCUT2D eigenvalue weighted by atomic mass is 9.99. The number of nitrogens with zero attached hydrogens (tertiary/aromatic N) is 1. The number of hydrogen-bond acceptors (Lipinski definition) is 4. The summed E-state index contributed by atoms with van der Waals surface area (Å²) in [5.41, 5.74) is 3.12. The highest BCUT2D eigenvalue weighted by atomic mass is 16.5. The van der Waals surface area contributed by atoms with Crippen molar-refractivity contribution in [3.8, 4) is 11.3 Å². The van der Waals surface area contributed by atoms with Gasteiger partial charge in [0.2, 0.25) is 0 Å². The van der Waals surface area contributed by atoms with Crippen LogP contribution in [0.25, 0.3) is 11.3 Å². The van der Waals surface area contributed by atoms with Gasteiger partial charge in [0.1, 0.15) is 0 Å². The standard InChI is InChI=1S/C13H11NO4/c15-13(16)11-6-12(18-14-11)9-2-1-8-3-4-17-7-10(8)5-9/h1-2,5-6H,3-4,7H2,(H,15,16). The molecule has 1 N–H and O–H groups in total. The van der Waals surface area contributed by atoms with Crippen molar-refractivity contribution < 1.29 is 19.2 Å². The maximum atomic E-state index is 10.7. The molecule has 5 nitrogen and oxygen atoms in total. The molecule has 0 unspecified atom stereocenters. The summed E-state index contributed by atoms with van der Waals surface area (Å²) in [6, 6.07) is 7.32. The number of carbonyl (C=O) groups is 1. The van der Waals surface area contributed by atoms with Gasteiger partial charge in [-0.2, -0.15) is 0 Å². The van der Waals surface area contributed by atoms with Crippen molar-refractivity contribution in [1.82, 2.24) is 5.16 Å². The summed E-state index contributed by atoms with van der Waals surface area (Å²) in [6.45, 7) is 1.33. The first-order valence-corrected chi connectivity index (χ1v) is 5.64. The average Bonchev–Trinajstić information content (AvgIpc) is 2.88. The molecule has 1 aromatic carbocycles. The van der Waals surface area contributed by atoms with Crippen LogP contribution in [0.3, 0.4) is 0 Å². The van der Waals surface area contributed by atoms with E-state index in [-0.39, 0.29) is 5.69 Å². The van der Waals surface area contributed by atoms with E-state index in [2.05, 4.69) is 5.16 Å². The van der Waals surface area contributed by atoms with E-state index in [1.54, 1.807) is 0 Å². The fourth-order valence-corrected chi connectivity index (χ4v) is 2.03. The van der Waals surface area contributed by atoms with Crippen molar-refractivity contribution >= 4 is 5.97 Å². The summed E-state index contributed by atoms with van der Waals surface area (Å²) < 4.78 is 10.4. The van der Waals surface area contributed by atoms with Gasteiger partial charge in [-0.1, -0.05) is 17.3 Å². The van der Waals surface area contributed by atoms with Crippen LogP contribution in [0, 0.1) is 0 Å². The van der Waals surface area contributed by atoms with E-state index >= 15 is 0 Å². The molecule has 2 aromatic rings. The number of hydrogen-bond donors (Lipinski definition) is 1. The quantitative estimate of drug-likeness (QED) is 0.877. The molecule has 1 aliphatic rings. The minimum Gasteiger partial charge on any atom is -0.476 e. The van der Waals surface area contributed by atoms with E-state index < -0.39 is 5.97 Å². The Bertz CT molecular complexity index is 603. The number of aromatic carboxylic acids is 1. The summed E-state index contributed by atoms with van der Waals surface area (Å²) in [4.78, 5) is 10.7. The van der Waals surface area contributed by atoms with Crippen LogP contribution in [0.2, 0.25) is 0 Å². The van der Waals surface area contributed by atoms with E-state index in [0.29, 0.717) is 12.4 Å². The molecule has 5 heteroatoms. The Morgan fingerprint density at radius 1 is 1.28 bits per heavy atom. The molecule has 0 amide bonds. The van der Waals surface area contributed by atoms with Gasteiger partial charge in [-0.15, -0.1) is 0 Å². The lowest BCUT2D eigenvalue weighted by molar-refractivity contribution is 0.0686. The fourth-order valence-electron chi connectivity index (χ4n) is 2.03. The summed E-state index contributed by atoms with van der Waals surface area (Å²) in [5.74, 6) is -0.632. The molecular formula is C13H11NO4. The molecule has 0 atom stereocenters. The third-order valence-corrected chi connectivity index (χ3v) is 2.99. The zero-order valence-corrected chi connectivity index (χ0v) is 9.55. The van der Waals surface area contributed by atoms with Gasteiger partial charge in [0, 0.05) is 11.6 Å². The number of carboxylic acid groups (broad SMARTS) is 1. The van der Waals surface area contributed by atoms with E-state index in [1.807, 2.05) is 18.2 Å². The zero-order chi connectivity index (χ0) is 12.5. The summed E-state index contributed by atoms with van der Waals surface area (Å²) in [7, 11) is 0. The van der Waals surface area contributed by atoms with Crippen LogP contribution in [-0.4, -0.2) is 22.8 Å². The molecule has 1 aromatic heterocycles. The molecule has 0 saturated carbocycles. The predicted octanol–water partition coefficient (Wildman–Crippen LogP) is 2.11. The second-order valence-corrected chi connectivity index (χ2v) is 4.17. The topological polar surface area (TPSA) is 72.6 Å². The number of carboxylic acids is 1. The van der Waals surface area contributed by atoms with Crippen molar-refractivity contribution in [1.29, 1.82) is 0 Å². The van der Waals surface area contributed by atoms with Crippen LogP contribution in [0.4, 0.5) is 0 Å². The summed E-state index contributed by atoms with van der Waals surface area (Å²) >= 11 is 0. The number of ether oxygens (including phenoxy) is 1. The molecule has 18 heavy (non-hydrogen) atoms.